The molecule has 0 radical (unpaired) electrons. The molecule has 0 aliphatic carbocycles. The van der Waals surface area contributed by atoms with Crippen molar-refractivity contribution in [3.05, 3.63) is 30.6 Å². The molecule has 0 bridgehead atoms. The minimum Gasteiger partial charge on any atom is -0.455 e. The molecule has 3 saturated heterocycles. The number of aryl methyl sites for hydroxylation is 1. The maximum Gasteiger partial charge on any atom is 0.410 e. The molecule has 3 unspecified atom stereocenters. The van der Waals surface area contributed by atoms with E-state index >= 15 is 4.39 Å². The van der Waals surface area contributed by atoms with E-state index < -0.39 is 77.3 Å². The number of alkyl halides is 1. The lowest BCUT2D eigenvalue weighted by atomic mass is 9.78. The smallest absolute Gasteiger partial charge is 0.410 e. The zero-order chi connectivity index (χ0) is 43.4. The Hall–Kier alpha value is -3.61. The minimum atomic E-state index is -3.13. The topological polar surface area (TPSA) is 180 Å². The number of ketones is 1. The first-order valence-corrected chi connectivity index (χ1v) is 21.0. The Morgan fingerprint density at radius 2 is 1.78 bits per heavy atom. The highest BCUT2D eigenvalue weighted by molar-refractivity contribution is 6.07. The Balaban J connectivity index is 1.41. The summed E-state index contributed by atoms with van der Waals surface area (Å²) in [7, 11) is 5.20. The number of esters is 1. The molecule has 3 aliphatic heterocycles. The highest BCUT2D eigenvalue weighted by Gasteiger charge is 2.60. The van der Waals surface area contributed by atoms with Crippen molar-refractivity contribution in [2.24, 2.45) is 11.8 Å². The molecule has 3 aliphatic rings. The number of aliphatic hydroxyl groups excluding tert-OH is 1. The number of aliphatic hydroxyl groups is 1. The van der Waals surface area contributed by atoms with Gasteiger partial charge in [0.1, 0.15) is 17.9 Å². The molecule has 0 aromatic carbocycles. The molecule has 5 heterocycles. The second kappa shape index (κ2) is 19.0. The van der Waals surface area contributed by atoms with E-state index in [2.05, 4.69) is 20.6 Å². The van der Waals surface area contributed by atoms with E-state index in [-0.39, 0.29) is 24.5 Å². The molecular formula is C42H66FN7O9. The van der Waals surface area contributed by atoms with Gasteiger partial charge in [-0.15, -0.1) is 5.10 Å². The second-order valence-corrected chi connectivity index (χ2v) is 17.6. The van der Waals surface area contributed by atoms with Crippen molar-refractivity contribution in [2.45, 2.75) is 160 Å². The SMILES string of the molecule is CC[C@H]1OC(=O)C(C)(F)C(=O)[C@@H](C)[C@@H](O[C@@H]2O[C@H](C)CC(N(C)C)C2O)[C@](C)(OC)C[C@@H](C)CN[C@H](C)[C@H]2N(CCCCn3cc(-c4ccccn4)nn3)C(=O)O[C@]12C. The van der Waals surface area contributed by atoms with Crippen LogP contribution in [-0.4, -0.2) is 153 Å². The molecule has 13 atom stereocenters. The molecule has 3 fully saturated rings. The number of Topliss-reactive ketones (excluding diaryl/α,β-unsaturated/α-hetero) is 1. The number of methoxy groups -OCH3 is 1. The van der Waals surface area contributed by atoms with Gasteiger partial charge in [-0.05, 0) is 105 Å². The van der Waals surface area contributed by atoms with Crippen molar-refractivity contribution in [1.82, 2.24) is 35.1 Å². The predicted octanol–water partition coefficient (Wildman–Crippen LogP) is 4.19. The number of cyclic esters (lactones) is 1. The van der Waals surface area contributed by atoms with Crippen LogP contribution in [-0.2, 0) is 39.8 Å². The number of ether oxygens (including phenoxy) is 5. The molecule has 1 amide bonds. The van der Waals surface area contributed by atoms with Gasteiger partial charge < -0.3 is 39.0 Å². The highest BCUT2D eigenvalue weighted by atomic mass is 19.1. The van der Waals surface area contributed by atoms with Crippen LogP contribution in [0.3, 0.4) is 0 Å². The third-order valence-electron chi connectivity index (χ3n) is 12.6. The maximum atomic E-state index is 16.9. The number of fused-ring (bicyclic) bond motifs is 1. The first kappa shape index (κ1) is 46.5. The number of rotatable bonds is 11. The first-order valence-electron chi connectivity index (χ1n) is 21.0. The third kappa shape index (κ3) is 9.97. The predicted molar refractivity (Wildman–Crippen MR) is 216 cm³/mol. The largest absolute Gasteiger partial charge is 0.455 e. The normalized spacial score (nSPS) is 37.7. The number of amides is 1. The summed E-state index contributed by atoms with van der Waals surface area (Å²) < 4.78 is 49.5. The molecule has 2 N–H and O–H groups in total. The number of aromatic nitrogens is 4. The molecule has 0 spiro atoms. The summed E-state index contributed by atoms with van der Waals surface area (Å²) in [6.45, 7) is 14.8. The van der Waals surface area contributed by atoms with Gasteiger partial charge >= 0.3 is 12.1 Å². The Kier molecular flexibility index (Phi) is 14.9. The van der Waals surface area contributed by atoms with Gasteiger partial charge in [0.25, 0.3) is 5.67 Å². The Morgan fingerprint density at radius 3 is 2.42 bits per heavy atom. The van der Waals surface area contributed by atoms with E-state index in [1.165, 1.54) is 14.0 Å². The second-order valence-electron chi connectivity index (χ2n) is 17.6. The van der Waals surface area contributed by atoms with Crippen LogP contribution < -0.4 is 5.32 Å². The lowest BCUT2D eigenvalue weighted by Gasteiger charge is -2.47. The summed E-state index contributed by atoms with van der Waals surface area (Å²) in [5.41, 5.74) is -4.38. The highest BCUT2D eigenvalue weighted by Crippen LogP contribution is 2.41. The number of hydrogen-bond acceptors (Lipinski definition) is 14. The summed E-state index contributed by atoms with van der Waals surface area (Å²) in [6, 6.07) is 4.24. The maximum absolute atomic E-state index is 16.9. The first-order chi connectivity index (χ1) is 27.8. The number of nitrogens with one attached hydrogen (secondary N) is 1. The molecular weight excluding hydrogens is 765 g/mol. The molecule has 2 aromatic rings. The summed E-state index contributed by atoms with van der Waals surface area (Å²) in [4.78, 5) is 49.9. The van der Waals surface area contributed by atoms with E-state index in [0.717, 1.165) is 12.6 Å². The van der Waals surface area contributed by atoms with Crippen molar-refractivity contribution in [2.75, 3.05) is 34.3 Å². The zero-order valence-corrected chi connectivity index (χ0v) is 36.6. The van der Waals surface area contributed by atoms with E-state index in [0.29, 0.717) is 51.0 Å². The van der Waals surface area contributed by atoms with Gasteiger partial charge in [-0.2, -0.15) is 0 Å². The summed E-state index contributed by atoms with van der Waals surface area (Å²) >= 11 is 0. The fourth-order valence-corrected chi connectivity index (χ4v) is 9.26. The number of carbonyl (C=O) groups excluding carboxylic acids is 3. The van der Waals surface area contributed by atoms with E-state index in [1.54, 1.807) is 36.5 Å². The summed E-state index contributed by atoms with van der Waals surface area (Å²) in [5, 5.41) is 23.5. The molecule has 0 saturated carbocycles. The van der Waals surface area contributed by atoms with Gasteiger partial charge in [-0.3, -0.25) is 19.4 Å². The van der Waals surface area contributed by atoms with Crippen LogP contribution in [0.4, 0.5) is 9.18 Å². The van der Waals surface area contributed by atoms with Gasteiger partial charge in [0.2, 0.25) is 0 Å². The van der Waals surface area contributed by atoms with Crippen LogP contribution in [0.15, 0.2) is 30.6 Å². The number of nitrogens with zero attached hydrogens (tertiary/aromatic N) is 6. The average molecular weight is 832 g/mol. The van der Waals surface area contributed by atoms with Crippen LogP contribution in [0, 0.1) is 11.8 Å². The van der Waals surface area contributed by atoms with Crippen LogP contribution in [0.2, 0.25) is 0 Å². The number of likely N-dealkylation sites (N-methyl/N-ethyl adjacent to an activating group) is 1. The summed E-state index contributed by atoms with van der Waals surface area (Å²) in [5.74, 6) is -3.85. The number of hydrogen-bond donors (Lipinski definition) is 2. The van der Waals surface area contributed by atoms with Gasteiger partial charge in [-0.1, -0.05) is 32.1 Å². The zero-order valence-electron chi connectivity index (χ0n) is 36.6. The molecule has 2 aromatic heterocycles. The summed E-state index contributed by atoms with van der Waals surface area (Å²) in [6.07, 6.45) is 0.450. The fraction of sp³-hybridized carbons (Fsp3) is 0.762. The van der Waals surface area contributed by atoms with E-state index in [4.69, 9.17) is 23.7 Å². The van der Waals surface area contributed by atoms with Gasteiger partial charge in [0, 0.05) is 44.4 Å². The van der Waals surface area contributed by atoms with Crippen molar-refractivity contribution in [1.29, 1.82) is 0 Å². The average Bonchev–Trinajstić information content (AvgIpc) is 3.78. The van der Waals surface area contributed by atoms with Crippen molar-refractivity contribution >= 4 is 17.8 Å². The van der Waals surface area contributed by atoms with E-state index in [1.807, 2.05) is 64.2 Å². The molecule has 330 valence electrons. The standard InChI is InChI=1S/C42H66FN7O9/c1-12-32-42(8)34(50(39(54)59-42)20-16-15-19-49-24-30(46-47-49)29-17-13-14-18-44-29)28(5)45-23-25(2)22-40(6,55-11)36(27(4)35(52)41(7,43)38(53)57-32)58-37-33(51)31(48(9)10)21-26(3)56-37/h13-14,17-18,24-28,31-34,36-37,45,51H,12,15-16,19-23H2,1-11H3/t25-,26-,27-,28-,31?,32-,33?,34-,36-,37+,40-,41?,42-/m1/s1. The van der Waals surface area contributed by atoms with E-state index in [9.17, 15) is 19.5 Å². The fourth-order valence-electron chi connectivity index (χ4n) is 9.26. The Morgan fingerprint density at radius 1 is 1.07 bits per heavy atom. The van der Waals surface area contributed by atoms with Crippen molar-refractivity contribution in [3.8, 4) is 11.4 Å². The monoisotopic (exact) mass is 831 g/mol. The minimum absolute atomic E-state index is 0.112. The Labute approximate surface area is 347 Å². The number of carbonyl (C=O) groups is 3. The molecule has 5 rings (SSSR count). The molecule has 17 heteroatoms. The van der Waals surface area contributed by atoms with Gasteiger partial charge in [-0.25, -0.2) is 14.0 Å². The van der Waals surface area contributed by atoms with Crippen molar-refractivity contribution < 1.29 is 47.6 Å². The van der Waals surface area contributed by atoms with Crippen LogP contribution in [0.1, 0.15) is 87.5 Å². The Bertz CT molecular complexity index is 1730. The van der Waals surface area contributed by atoms with Crippen LogP contribution in [0.5, 0.6) is 0 Å². The lowest BCUT2D eigenvalue weighted by Crippen LogP contribution is -2.61. The quantitative estimate of drug-likeness (QED) is 0.187. The van der Waals surface area contributed by atoms with Gasteiger partial charge in [0.05, 0.1) is 35.7 Å². The number of halogens is 1. The number of unbranched alkanes of at least 4 members (excludes halogenated alkanes) is 1. The third-order valence-corrected chi connectivity index (χ3v) is 12.6. The van der Waals surface area contributed by atoms with Crippen molar-refractivity contribution in [3.63, 3.8) is 0 Å². The van der Waals surface area contributed by atoms with Crippen LogP contribution in [0.25, 0.3) is 11.4 Å². The number of pyridine rings is 1. The van der Waals surface area contributed by atoms with Crippen LogP contribution >= 0.6 is 0 Å². The lowest BCUT2D eigenvalue weighted by molar-refractivity contribution is -0.295. The van der Waals surface area contributed by atoms with Gasteiger partial charge in [0.15, 0.2) is 17.7 Å². The molecule has 16 nitrogen and oxygen atoms in total. The molecule has 59 heavy (non-hydrogen) atoms.